The number of hydrogen-bond acceptors (Lipinski definition) is 4. The molecule has 4 heteroatoms. The van der Waals surface area contributed by atoms with E-state index < -0.39 is 0 Å². The Balaban J connectivity index is 2.87. The number of aromatic nitrogens is 1. The summed E-state index contributed by atoms with van der Waals surface area (Å²) in [5.41, 5.74) is 0. The third-order valence-electron chi connectivity index (χ3n) is 1.00. The van der Waals surface area contributed by atoms with Crippen molar-refractivity contribution in [3.8, 4) is 0 Å². The highest BCUT2D eigenvalue weighted by Gasteiger charge is 1.95. The van der Waals surface area contributed by atoms with E-state index in [0.717, 1.165) is 11.4 Å². The Labute approximate surface area is 62.4 Å². The summed E-state index contributed by atoms with van der Waals surface area (Å²) >= 11 is 1.51. The highest BCUT2D eigenvalue weighted by atomic mass is 32.1. The van der Waals surface area contributed by atoms with Gasteiger partial charge in [-0.2, -0.15) is 0 Å². The molecule has 0 radical (unpaired) electrons. The number of isocyanates is 1. The summed E-state index contributed by atoms with van der Waals surface area (Å²) in [6.45, 7) is 2.01. The second-order valence-corrected chi connectivity index (χ2v) is 2.60. The van der Waals surface area contributed by atoms with E-state index in [0.29, 0.717) is 5.82 Å². The van der Waals surface area contributed by atoms with Crippen LogP contribution < -0.4 is 0 Å². The maximum Gasteiger partial charge on any atom is 0.242 e. The molecule has 52 valence electrons. The standard InChI is InChI=1S/C6H6N2OS/c1-2-6-8-5(3-10-6)7-4-9/h3H,2H2,1H3. The molecule has 0 aliphatic heterocycles. The number of aliphatic imine (C=N–C) groups is 1. The van der Waals surface area contributed by atoms with E-state index in [-0.39, 0.29) is 0 Å². The molecule has 0 atom stereocenters. The first-order chi connectivity index (χ1) is 4.86. The summed E-state index contributed by atoms with van der Waals surface area (Å²) in [4.78, 5) is 17.1. The predicted octanol–water partition coefficient (Wildman–Crippen LogP) is 1.67. The zero-order valence-corrected chi connectivity index (χ0v) is 6.31. The Morgan fingerprint density at radius 3 is 3.20 bits per heavy atom. The van der Waals surface area contributed by atoms with Gasteiger partial charge in [-0.15, -0.1) is 16.3 Å². The molecular weight excluding hydrogens is 148 g/mol. The molecule has 0 spiro atoms. The Morgan fingerprint density at radius 1 is 1.90 bits per heavy atom. The summed E-state index contributed by atoms with van der Waals surface area (Å²) in [6, 6.07) is 0. The zero-order valence-electron chi connectivity index (χ0n) is 5.50. The smallest absolute Gasteiger partial charge is 0.221 e. The lowest BCUT2D eigenvalue weighted by molar-refractivity contribution is 0.565. The van der Waals surface area contributed by atoms with Gasteiger partial charge in [-0.1, -0.05) is 6.92 Å². The number of carbonyl (C=O) groups excluding carboxylic acids is 1. The third-order valence-corrected chi connectivity index (χ3v) is 1.98. The molecule has 10 heavy (non-hydrogen) atoms. The van der Waals surface area contributed by atoms with Gasteiger partial charge >= 0.3 is 0 Å². The van der Waals surface area contributed by atoms with Crippen LogP contribution in [0.25, 0.3) is 0 Å². The Hall–Kier alpha value is -0.990. The van der Waals surface area contributed by atoms with E-state index in [1.54, 1.807) is 5.38 Å². The van der Waals surface area contributed by atoms with Crippen molar-refractivity contribution in [2.45, 2.75) is 13.3 Å². The Morgan fingerprint density at radius 2 is 2.70 bits per heavy atom. The van der Waals surface area contributed by atoms with Gasteiger partial charge in [0.2, 0.25) is 6.08 Å². The average Bonchev–Trinajstić information content (AvgIpc) is 2.37. The van der Waals surface area contributed by atoms with Crippen molar-refractivity contribution in [3.63, 3.8) is 0 Å². The van der Waals surface area contributed by atoms with Crippen LogP contribution in [0.3, 0.4) is 0 Å². The summed E-state index contributed by atoms with van der Waals surface area (Å²) in [5.74, 6) is 0.469. The van der Waals surface area contributed by atoms with Crippen LogP contribution in [0.2, 0.25) is 0 Å². The van der Waals surface area contributed by atoms with Crippen LogP contribution in [-0.4, -0.2) is 11.1 Å². The lowest BCUT2D eigenvalue weighted by atomic mass is 10.5. The summed E-state index contributed by atoms with van der Waals surface area (Å²) < 4.78 is 0. The van der Waals surface area contributed by atoms with Crippen LogP contribution in [-0.2, 0) is 11.2 Å². The highest BCUT2D eigenvalue weighted by Crippen LogP contribution is 2.15. The SMILES string of the molecule is CCc1nc(N=C=O)cs1. The molecule has 1 aromatic rings. The van der Waals surface area contributed by atoms with E-state index >= 15 is 0 Å². The van der Waals surface area contributed by atoms with E-state index in [1.807, 2.05) is 6.92 Å². The van der Waals surface area contributed by atoms with Gasteiger partial charge in [0.1, 0.15) is 0 Å². The monoisotopic (exact) mass is 154 g/mol. The fourth-order valence-electron chi connectivity index (χ4n) is 0.562. The Bertz CT molecular complexity index is 262. The van der Waals surface area contributed by atoms with Crippen LogP contribution in [0.1, 0.15) is 11.9 Å². The predicted molar refractivity (Wildman–Crippen MR) is 39.3 cm³/mol. The Kier molecular flexibility index (Phi) is 2.31. The number of thiazole rings is 1. The molecule has 0 unspecified atom stereocenters. The van der Waals surface area contributed by atoms with Gasteiger partial charge in [-0.3, -0.25) is 0 Å². The molecule has 0 N–H and O–H groups in total. The average molecular weight is 154 g/mol. The van der Waals surface area contributed by atoms with Gasteiger partial charge in [-0.25, -0.2) is 9.78 Å². The second kappa shape index (κ2) is 3.25. The third kappa shape index (κ3) is 1.50. The van der Waals surface area contributed by atoms with Crippen molar-refractivity contribution in [3.05, 3.63) is 10.4 Å². The quantitative estimate of drug-likeness (QED) is 0.480. The molecule has 0 aliphatic rings. The van der Waals surface area contributed by atoms with E-state index in [2.05, 4.69) is 9.98 Å². The fourth-order valence-corrected chi connectivity index (χ4v) is 1.22. The van der Waals surface area contributed by atoms with Gasteiger partial charge in [0.05, 0.1) is 5.01 Å². The molecule has 1 aromatic heterocycles. The van der Waals surface area contributed by atoms with Gasteiger partial charge in [-0.05, 0) is 6.42 Å². The molecule has 0 fully saturated rings. The highest BCUT2D eigenvalue weighted by molar-refractivity contribution is 7.09. The summed E-state index contributed by atoms with van der Waals surface area (Å²) in [6.07, 6.45) is 2.33. The number of rotatable bonds is 2. The first-order valence-corrected chi connectivity index (χ1v) is 3.77. The van der Waals surface area contributed by atoms with Gasteiger partial charge in [0.25, 0.3) is 0 Å². The first-order valence-electron chi connectivity index (χ1n) is 2.89. The topological polar surface area (TPSA) is 42.3 Å². The maximum atomic E-state index is 9.74. The molecule has 0 bridgehead atoms. The molecule has 0 saturated heterocycles. The van der Waals surface area contributed by atoms with E-state index in [1.165, 1.54) is 17.4 Å². The van der Waals surface area contributed by atoms with Gasteiger partial charge in [0, 0.05) is 5.38 Å². The van der Waals surface area contributed by atoms with Crippen molar-refractivity contribution in [1.29, 1.82) is 0 Å². The number of nitrogens with zero attached hydrogens (tertiary/aromatic N) is 2. The van der Waals surface area contributed by atoms with Crippen LogP contribution >= 0.6 is 11.3 Å². The van der Waals surface area contributed by atoms with Crippen molar-refractivity contribution in [1.82, 2.24) is 4.98 Å². The van der Waals surface area contributed by atoms with Gasteiger partial charge in [0.15, 0.2) is 5.82 Å². The minimum absolute atomic E-state index is 0.469. The molecule has 1 rings (SSSR count). The minimum atomic E-state index is 0.469. The normalized spacial score (nSPS) is 8.90. The lowest BCUT2D eigenvalue weighted by Gasteiger charge is -1.79. The van der Waals surface area contributed by atoms with Crippen molar-refractivity contribution >= 4 is 23.2 Å². The second-order valence-electron chi connectivity index (χ2n) is 1.66. The first kappa shape index (κ1) is 7.12. The maximum absolute atomic E-state index is 9.74. The van der Waals surface area contributed by atoms with E-state index in [4.69, 9.17) is 0 Å². The zero-order chi connectivity index (χ0) is 7.40. The molecule has 0 saturated carbocycles. The van der Waals surface area contributed by atoms with Crippen LogP contribution in [0.15, 0.2) is 10.4 Å². The molecule has 0 amide bonds. The molecule has 1 heterocycles. The van der Waals surface area contributed by atoms with Crippen LogP contribution in [0, 0.1) is 0 Å². The van der Waals surface area contributed by atoms with Crippen LogP contribution in [0.4, 0.5) is 5.82 Å². The van der Waals surface area contributed by atoms with Crippen LogP contribution in [0.5, 0.6) is 0 Å². The molecule has 0 aliphatic carbocycles. The van der Waals surface area contributed by atoms with Crippen molar-refractivity contribution < 1.29 is 4.79 Å². The molecule has 3 nitrogen and oxygen atoms in total. The molecular formula is C6H6N2OS. The lowest BCUT2D eigenvalue weighted by Crippen LogP contribution is -1.73. The molecule has 0 aromatic carbocycles. The largest absolute Gasteiger partial charge is 0.242 e. The van der Waals surface area contributed by atoms with Crippen molar-refractivity contribution in [2.75, 3.05) is 0 Å². The minimum Gasteiger partial charge on any atom is -0.221 e. The number of hydrogen-bond donors (Lipinski definition) is 0. The van der Waals surface area contributed by atoms with Crippen molar-refractivity contribution in [2.24, 2.45) is 4.99 Å². The van der Waals surface area contributed by atoms with E-state index in [9.17, 15) is 4.79 Å². The summed E-state index contributed by atoms with van der Waals surface area (Å²) in [7, 11) is 0. The fraction of sp³-hybridized carbons (Fsp3) is 0.333. The number of aryl methyl sites for hydroxylation is 1. The summed E-state index contributed by atoms with van der Waals surface area (Å²) in [5, 5.41) is 2.73. The van der Waals surface area contributed by atoms with Gasteiger partial charge < -0.3 is 0 Å².